The topological polar surface area (TPSA) is 108 Å². The Kier molecular flexibility index (Phi) is 3.76. The summed E-state index contributed by atoms with van der Waals surface area (Å²) in [4.78, 5) is 22.9. The second kappa shape index (κ2) is 5.06. The maximum atomic E-state index is 11.1. The van der Waals surface area contributed by atoms with Gasteiger partial charge in [0.15, 0.2) is 0 Å². The number of primary amides is 2. The highest BCUT2D eigenvalue weighted by Gasteiger charge is 2.22. The fraction of sp³-hybridized carbons (Fsp3) is 0.200. The van der Waals surface area contributed by atoms with Gasteiger partial charge < -0.3 is 20.9 Å². The van der Waals surface area contributed by atoms with Gasteiger partial charge in [-0.2, -0.15) is 0 Å². The number of ether oxygens (including phenoxy) is 2. The molecule has 1 rings (SSSR count). The van der Waals surface area contributed by atoms with Crippen LogP contribution in [-0.4, -0.2) is 26.3 Å². The summed E-state index contributed by atoms with van der Waals surface area (Å²) in [5.74, 6) is 0.765. The van der Waals surface area contributed by atoms with Gasteiger partial charge in [-0.05, 0) is 12.1 Å². The first-order valence-electron chi connectivity index (χ1n) is 4.62. The molecule has 7 nitrogen and oxygen atoms in total. The van der Waals surface area contributed by atoms with Gasteiger partial charge in [-0.25, -0.2) is 14.5 Å². The summed E-state index contributed by atoms with van der Waals surface area (Å²) < 4.78 is 10.0. The highest BCUT2D eigenvalue weighted by atomic mass is 16.5. The van der Waals surface area contributed by atoms with Crippen LogP contribution in [0.5, 0.6) is 11.5 Å². The molecule has 0 aliphatic rings. The van der Waals surface area contributed by atoms with Crippen LogP contribution in [0, 0.1) is 0 Å². The number of nitrogens with two attached hydrogens (primary N) is 2. The number of benzene rings is 1. The quantitative estimate of drug-likeness (QED) is 0.807. The van der Waals surface area contributed by atoms with Crippen molar-refractivity contribution in [3.8, 4) is 11.5 Å². The van der Waals surface area contributed by atoms with Gasteiger partial charge in [0.25, 0.3) is 0 Å². The van der Waals surface area contributed by atoms with Crippen LogP contribution in [0.1, 0.15) is 0 Å². The van der Waals surface area contributed by atoms with E-state index >= 15 is 0 Å². The van der Waals surface area contributed by atoms with Gasteiger partial charge in [0.2, 0.25) is 0 Å². The first-order valence-corrected chi connectivity index (χ1v) is 4.62. The van der Waals surface area contributed by atoms with Gasteiger partial charge in [-0.1, -0.05) is 0 Å². The van der Waals surface area contributed by atoms with E-state index in [0.717, 1.165) is 0 Å². The van der Waals surface area contributed by atoms with E-state index in [1.165, 1.54) is 26.4 Å². The van der Waals surface area contributed by atoms with Crippen molar-refractivity contribution in [2.45, 2.75) is 0 Å². The predicted molar refractivity (Wildman–Crippen MR) is 61.2 cm³/mol. The third-order valence-electron chi connectivity index (χ3n) is 2.07. The van der Waals surface area contributed by atoms with Crippen molar-refractivity contribution in [3.05, 3.63) is 18.2 Å². The van der Waals surface area contributed by atoms with Crippen molar-refractivity contribution in [1.29, 1.82) is 0 Å². The largest absolute Gasteiger partial charge is 0.497 e. The summed E-state index contributed by atoms with van der Waals surface area (Å²) >= 11 is 0. The zero-order valence-electron chi connectivity index (χ0n) is 9.47. The second-order valence-electron chi connectivity index (χ2n) is 3.05. The van der Waals surface area contributed by atoms with Crippen molar-refractivity contribution in [1.82, 2.24) is 0 Å². The van der Waals surface area contributed by atoms with Gasteiger partial charge in [0.1, 0.15) is 11.5 Å². The van der Waals surface area contributed by atoms with Crippen molar-refractivity contribution in [2.75, 3.05) is 19.1 Å². The second-order valence-corrected chi connectivity index (χ2v) is 3.05. The van der Waals surface area contributed by atoms with Crippen molar-refractivity contribution in [2.24, 2.45) is 11.5 Å². The molecule has 1 aromatic rings. The lowest BCUT2D eigenvalue weighted by Gasteiger charge is -2.19. The summed E-state index contributed by atoms with van der Waals surface area (Å²) in [5.41, 5.74) is 10.3. The van der Waals surface area contributed by atoms with Crippen molar-refractivity contribution >= 4 is 17.7 Å². The zero-order valence-corrected chi connectivity index (χ0v) is 9.47. The molecule has 0 saturated carbocycles. The molecule has 0 aliphatic heterocycles. The predicted octanol–water partition coefficient (Wildman–Crippen LogP) is 0.668. The maximum absolute atomic E-state index is 11.1. The summed E-state index contributed by atoms with van der Waals surface area (Å²) in [6, 6.07) is 2.54. The molecule has 0 bridgehead atoms. The zero-order chi connectivity index (χ0) is 13.0. The number of amides is 4. The summed E-state index contributed by atoms with van der Waals surface area (Å²) in [6.45, 7) is 0. The molecule has 0 aromatic heterocycles. The first kappa shape index (κ1) is 12.6. The van der Waals surface area contributed by atoms with Crippen molar-refractivity contribution < 1.29 is 19.1 Å². The lowest BCUT2D eigenvalue weighted by atomic mass is 10.2. The smallest absolute Gasteiger partial charge is 0.327 e. The van der Waals surface area contributed by atoms with Gasteiger partial charge in [-0.3, -0.25) is 0 Å². The lowest BCUT2D eigenvalue weighted by molar-refractivity contribution is 0.243. The fourth-order valence-corrected chi connectivity index (χ4v) is 1.32. The molecule has 0 radical (unpaired) electrons. The molecule has 92 valence electrons. The van der Waals surface area contributed by atoms with Crippen LogP contribution < -0.4 is 25.8 Å². The fourth-order valence-electron chi connectivity index (χ4n) is 1.32. The molecule has 4 N–H and O–H groups in total. The van der Waals surface area contributed by atoms with Crippen LogP contribution in [0.4, 0.5) is 15.3 Å². The Morgan fingerprint density at radius 1 is 1.12 bits per heavy atom. The monoisotopic (exact) mass is 239 g/mol. The Labute approximate surface area is 97.9 Å². The molecular formula is C10H13N3O4. The molecule has 0 spiro atoms. The third-order valence-corrected chi connectivity index (χ3v) is 2.07. The number of methoxy groups -OCH3 is 2. The van der Waals surface area contributed by atoms with Crippen LogP contribution in [-0.2, 0) is 0 Å². The van der Waals surface area contributed by atoms with Crippen LogP contribution in [0.2, 0.25) is 0 Å². The number of urea groups is 2. The highest BCUT2D eigenvalue weighted by molar-refractivity contribution is 6.13. The Hall–Kier alpha value is -2.44. The summed E-state index contributed by atoms with van der Waals surface area (Å²) in [5, 5.41) is 0. The Balaban J connectivity index is 3.28. The molecule has 1 aromatic carbocycles. The van der Waals surface area contributed by atoms with Gasteiger partial charge >= 0.3 is 12.1 Å². The molecule has 0 heterocycles. The van der Waals surface area contributed by atoms with E-state index in [1.807, 2.05) is 0 Å². The normalized spacial score (nSPS) is 9.53. The van der Waals surface area contributed by atoms with E-state index in [-0.39, 0.29) is 11.4 Å². The molecule has 0 unspecified atom stereocenters. The van der Waals surface area contributed by atoms with Crippen LogP contribution >= 0.6 is 0 Å². The van der Waals surface area contributed by atoms with Gasteiger partial charge in [0, 0.05) is 6.07 Å². The lowest BCUT2D eigenvalue weighted by Crippen LogP contribution is -2.44. The molecular weight excluding hydrogens is 226 g/mol. The Morgan fingerprint density at radius 3 is 2.12 bits per heavy atom. The number of carbonyl (C=O) groups excluding carboxylic acids is 2. The Bertz CT molecular complexity index is 433. The number of carbonyl (C=O) groups is 2. The minimum absolute atomic E-state index is 0.160. The van der Waals surface area contributed by atoms with E-state index in [2.05, 4.69) is 0 Å². The summed E-state index contributed by atoms with van der Waals surface area (Å²) in [7, 11) is 2.87. The number of anilines is 1. The molecule has 17 heavy (non-hydrogen) atoms. The molecule has 0 saturated heterocycles. The number of hydrogen-bond acceptors (Lipinski definition) is 4. The van der Waals surface area contributed by atoms with E-state index < -0.39 is 12.1 Å². The van der Waals surface area contributed by atoms with Crippen molar-refractivity contribution in [3.63, 3.8) is 0 Å². The number of nitrogens with zero attached hydrogens (tertiary/aromatic N) is 1. The third kappa shape index (κ3) is 2.57. The van der Waals surface area contributed by atoms with Crippen LogP contribution in [0.3, 0.4) is 0 Å². The number of hydrogen-bond donors (Lipinski definition) is 2. The first-order chi connectivity index (χ1) is 8.01. The van der Waals surface area contributed by atoms with E-state index in [1.54, 1.807) is 6.07 Å². The molecule has 0 aliphatic carbocycles. The van der Waals surface area contributed by atoms with Crippen LogP contribution in [0.25, 0.3) is 0 Å². The number of imide groups is 1. The molecule has 0 fully saturated rings. The SMILES string of the molecule is COc1ccc(N(C(N)=O)C(N)=O)c(OC)c1. The molecule has 0 atom stereocenters. The number of rotatable bonds is 3. The summed E-state index contributed by atoms with van der Waals surface area (Å²) in [6.07, 6.45) is 0. The maximum Gasteiger partial charge on any atom is 0.327 e. The minimum Gasteiger partial charge on any atom is -0.497 e. The minimum atomic E-state index is -0.985. The molecule has 4 amide bonds. The van der Waals surface area contributed by atoms with E-state index in [0.29, 0.717) is 10.6 Å². The average Bonchev–Trinajstić information content (AvgIpc) is 2.28. The van der Waals surface area contributed by atoms with Gasteiger partial charge in [0.05, 0.1) is 19.9 Å². The standard InChI is InChI=1S/C10H13N3O4/c1-16-6-3-4-7(8(5-6)17-2)13(9(11)14)10(12)15/h3-5H,1-2H3,(H2,11,14)(H2,12,15). The van der Waals surface area contributed by atoms with E-state index in [9.17, 15) is 9.59 Å². The highest BCUT2D eigenvalue weighted by Crippen LogP contribution is 2.31. The average molecular weight is 239 g/mol. The van der Waals surface area contributed by atoms with E-state index in [4.69, 9.17) is 20.9 Å². The van der Waals surface area contributed by atoms with Gasteiger partial charge in [-0.15, -0.1) is 0 Å². The van der Waals surface area contributed by atoms with Crippen LogP contribution in [0.15, 0.2) is 18.2 Å². The molecule has 7 heteroatoms. The Morgan fingerprint density at radius 2 is 1.71 bits per heavy atom.